The van der Waals surface area contributed by atoms with Crippen molar-refractivity contribution in [1.29, 1.82) is 0 Å². The number of rotatable bonds is 7. The van der Waals surface area contributed by atoms with E-state index < -0.39 is 29.7 Å². The average molecular weight is 419 g/mol. The Hall–Kier alpha value is -3.51. The summed E-state index contributed by atoms with van der Waals surface area (Å²) in [6, 6.07) is 20.6. The first-order valence-corrected chi connectivity index (χ1v) is 10.0. The SMILES string of the molecule is NC(Cc1ccccc1F)[C@H](C(=O)O)C(=O)OCC1c2ccccc2-c2ccccc21. The van der Waals surface area contributed by atoms with E-state index in [4.69, 9.17) is 10.5 Å². The van der Waals surface area contributed by atoms with Crippen molar-refractivity contribution < 1.29 is 23.8 Å². The first kappa shape index (κ1) is 20.8. The molecule has 6 heteroatoms. The highest BCUT2D eigenvalue weighted by Crippen LogP contribution is 2.44. The van der Waals surface area contributed by atoms with E-state index in [1.54, 1.807) is 6.07 Å². The summed E-state index contributed by atoms with van der Waals surface area (Å²) in [5.41, 5.74) is 10.5. The molecule has 0 amide bonds. The number of esters is 1. The summed E-state index contributed by atoms with van der Waals surface area (Å²) in [6.45, 7) is 0.00303. The smallest absolute Gasteiger partial charge is 0.321 e. The van der Waals surface area contributed by atoms with Crippen LogP contribution in [0.15, 0.2) is 72.8 Å². The van der Waals surface area contributed by atoms with E-state index in [2.05, 4.69) is 0 Å². The van der Waals surface area contributed by atoms with Crippen molar-refractivity contribution in [1.82, 2.24) is 0 Å². The van der Waals surface area contributed by atoms with E-state index in [-0.39, 0.29) is 24.5 Å². The number of carboxylic acid groups (broad SMARTS) is 1. The zero-order chi connectivity index (χ0) is 22.0. The fourth-order valence-corrected chi connectivity index (χ4v) is 4.19. The Balaban J connectivity index is 1.50. The van der Waals surface area contributed by atoms with Crippen molar-refractivity contribution in [3.05, 3.63) is 95.3 Å². The van der Waals surface area contributed by atoms with Crippen LogP contribution in [-0.2, 0) is 20.7 Å². The molecule has 158 valence electrons. The molecule has 3 aromatic carbocycles. The summed E-state index contributed by atoms with van der Waals surface area (Å²) in [6.07, 6.45) is -0.0894. The Labute approximate surface area is 179 Å². The Bertz CT molecular complexity index is 1080. The second-order valence-corrected chi connectivity index (χ2v) is 7.63. The van der Waals surface area contributed by atoms with Crippen LogP contribution >= 0.6 is 0 Å². The lowest BCUT2D eigenvalue weighted by molar-refractivity contribution is -0.159. The molecule has 0 aliphatic heterocycles. The fourth-order valence-electron chi connectivity index (χ4n) is 4.19. The van der Waals surface area contributed by atoms with Crippen molar-refractivity contribution in [2.24, 2.45) is 11.7 Å². The van der Waals surface area contributed by atoms with Crippen LogP contribution in [0.4, 0.5) is 4.39 Å². The van der Waals surface area contributed by atoms with E-state index in [0.29, 0.717) is 0 Å². The van der Waals surface area contributed by atoms with E-state index in [1.807, 2.05) is 48.5 Å². The van der Waals surface area contributed by atoms with Gasteiger partial charge in [0.2, 0.25) is 0 Å². The van der Waals surface area contributed by atoms with Gasteiger partial charge in [0.25, 0.3) is 0 Å². The van der Waals surface area contributed by atoms with Gasteiger partial charge in [-0.2, -0.15) is 0 Å². The highest BCUT2D eigenvalue weighted by atomic mass is 19.1. The molecule has 0 heterocycles. The number of aliphatic carboxylic acids is 1. The Kier molecular flexibility index (Phi) is 5.82. The maximum atomic E-state index is 13.9. The van der Waals surface area contributed by atoms with Crippen molar-refractivity contribution in [3.63, 3.8) is 0 Å². The summed E-state index contributed by atoms with van der Waals surface area (Å²) in [4.78, 5) is 24.5. The number of carbonyl (C=O) groups excluding carboxylic acids is 1. The number of ether oxygens (including phenoxy) is 1. The van der Waals surface area contributed by atoms with Crippen LogP contribution in [0, 0.1) is 11.7 Å². The number of halogens is 1. The molecule has 1 unspecified atom stereocenters. The number of fused-ring (bicyclic) bond motifs is 3. The number of benzene rings is 3. The van der Waals surface area contributed by atoms with Crippen molar-refractivity contribution in [3.8, 4) is 11.1 Å². The number of carboxylic acids is 1. The molecule has 1 aliphatic rings. The Morgan fingerprint density at radius 1 is 0.935 bits per heavy atom. The zero-order valence-corrected chi connectivity index (χ0v) is 16.7. The third kappa shape index (κ3) is 4.07. The largest absolute Gasteiger partial charge is 0.481 e. The average Bonchev–Trinajstić information content (AvgIpc) is 3.07. The molecule has 0 saturated heterocycles. The summed E-state index contributed by atoms with van der Waals surface area (Å²) in [5.74, 6) is -4.58. The summed E-state index contributed by atoms with van der Waals surface area (Å²) in [5, 5.41) is 9.59. The van der Waals surface area contributed by atoms with E-state index in [0.717, 1.165) is 22.3 Å². The maximum absolute atomic E-state index is 13.9. The lowest BCUT2D eigenvalue weighted by Crippen LogP contribution is -2.43. The summed E-state index contributed by atoms with van der Waals surface area (Å²) < 4.78 is 19.4. The highest BCUT2D eigenvalue weighted by Gasteiger charge is 2.36. The molecule has 3 aromatic rings. The molecule has 0 bridgehead atoms. The fraction of sp³-hybridized carbons (Fsp3) is 0.200. The van der Waals surface area contributed by atoms with Gasteiger partial charge < -0.3 is 15.6 Å². The van der Waals surface area contributed by atoms with E-state index >= 15 is 0 Å². The van der Waals surface area contributed by atoms with Crippen LogP contribution < -0.4 is 5.73 Å². The molecular formula is C25H22FNO4. The van der Waals surface area contributed by atoms with Crippen LogP contribution in [-0.4, -0.2) is 29.7 Å². The standard InChI is InChI=1S/C25H22FNO4/c26-21-12-6-1-7-15(21)13-22(27)23(24(28)29)25(30)31-14-20-18-10-4-2-8-16(18)17-9-3-5-11-19(17)20/h1-12,20,22-23H,13-14,27H2,(H,28,29)/t22?,23-/m1/s1. The van der Waals surface area contributed by atoms with Gasteiger partial charge in [-0.05, 0) is 40.3 Å². The molecule has 3 N–H and O–H groups in total. The summed E-state index contributed by atoms with van der Waals surface area (Å²) >= 11 is 0. The van der Waals surface area contributed by atoms with E-state index in [9.17, 15) is 19.1 Å². The molecule has 2 atom stereocenters. The van der Waals surface area contributed by atoms with Crippen molar-refractivity contribution in [2.45, 2.75) is 18.4 Å². The molecule has 0 radical (unpaired) electrons. The van der Waals surface area contributed by atoms with Crippen molar-refractivity contribution >= 4 is 11.9 Å². The monoisotopic (exact) mass is 419 g/mol. The molecule has 5 nitrogen and oxygen atoms in total. The molecular weight excluding hydrogens is 397 g/mol. The van der Waals surface area contributed by atoms with Gasteiger partial charge >= 0.3 is 11.9 Å². The predicted molar refractivity (Wildman–Crippen MR) is 114 cm³/mol. The molecule has 0 aromatic heterocycles. The maximum Gasteiger partial charge on any atom is 0.321 e. The second-order valence-electron chi connectivity index (χ2n) is 7.63. The van der Waals surface area contributed by atoms with Gasteiger partial charge in [-0.25, -0.2) is 4.39 Å². The molecule has 4 rings (SSSR count). The number of hydrogen-bond acceptors (Lipinski definition) is 4. The molecule has 0 saturated carbocycles. The highest BCUT2D eigenvalue weighted by molar-refractivity contribution is 5.95. The Morgan fingerprint density at radius 3 is 2.06 bits per heavy atom. The van der Waals surface area contributed by atoms with Gasteiger partial charge in [0.15, 0.2) is 5.92 Å². The van der Waals surface area contributed by atoms with Gasteiger partial charge in [0.1, 0.15) is 12.4 Å². The first-order valence-electron chi connectivity index (χ1n) is 10.0. The predicted octanol–water partition coefficient (Wildman–Crippen LogP) is 3.75. The molecule has 31 heavy (non-hydrogen) atoms. The van der Waals surface area contributed by atoms with Gasteiger partial charge in [0.05, 0.1) is 0 Å². The van der Waals surface area contributed by atoms with Gasteiger partial charge in [-0.3, -0.25) is 9.59 Å². The van der Waals surface area contributed by atoms with Crippen LogP contribution in [0.1, 0.15) is 22.6 Å². The third-order valence-corrected chi connectivity index (χ3v) is 5.72. The lowest BCUT2D eigenvalue weighted by Gasteiger charge is -2.21. The quantitative estimate of drug-likeness (QED) is 0.450. The lowest BCUT2D eigenvalue weighted by atomic mass is 9.93. The number of hydrogen-bond donors (Lipinski definition) is 2. The molecule has 0 fully saturated rings. The van der Waals surface area contributed by atoms with Gasteiger partial charge in [-0.1, -0.05) is 66.7 Å². The minimum Gasteiger partial charge on any atom is -0.481 e. The molecule has 1 aliphatic carbocycles. The molecule has 0 spiro atoms. The van der Waals surface area contributed by atoms with Gasteiger partial charge in [0, 0.05) is 12.0 Å². The van der Waals surface area contributed by atoms with Crippen LogP contribution in [0.3, 0.4) is 0 Å². The minimum atomic E-state index is -1.59. The van der Waals surface area contributed by atoms with Crippen LogP contribution in [0.2, 0.25) is 0 Å². The minimum absolute atomic E-state index is 0.00303. The topological polar surface area (TPSA) is 89.6 Å². The third-order valence-electron chi connectivity index (χ3n) is 5.72. The first-order chi connectivity index (χ1) is 15.0. The number of nitrogens with two attached hydrogens (primary N) is 1. The summed E-state index contributed by atoms with van der Waals surface area (Å²) in [7, 11) is 0. The van der Waals surface area contributed by atoms with Crippen molar-refractivity contribution in [2.75, 3.05) is 6.61 Å². The van der Waals surface area contributed by atoms with Gasteiger partial charge in [-0.15, -0.1) is 0 Å². The van der Waals surface area contributed by atoms with Crippen LogP contribution in [0.5, 0.6) is 0 Å². The van der Waals surface area contributed by atoms with Crippen LogP contribution in [0.25, 0.3) is 11.1 Å². The normalized spacial score (nSPS) is 14.4. The zero-order valence-electron chi connectivity index (χ0n) is 16.7. The Morgan fingerprint density at radius 2 is 1.48 bits per heavy atom. The van der Waals surface area contributed by atoms with E-state index in [1.165, 1.54) is 18.2 Å². The second kappa shape index (κ2) is 8.70. The number of carbonyl (C=O) groups is 2.